The summed E-state index contributed by atoms with van der Waals surface area (Å²) in [7, 11) is 0. The van der Waals surface area contributed by atoms with Crippen LogP contribution in [0, 0.1) is 11.6 Å². The Morgan fingerprint density at radius 2 is 2.25 bits per heavy atom. The van der Waals surface area contributed by atoms with Gasteiger partial charge in [0.05, 0.1) is 12.7 Å². The van der Waals surface area contributed by atoms with Crippen molar-refractivity contribution in [2.45, 2.75) is 37.5 Å². The molecule has 20 heavy (non-hydrogen) atoms. The molecule has 1 aromatic carbocycles. The second-order valence-corrected chi connectivity index (χ2v) is 5.74. The van der Waals surface area contributed by atoms with E-state index in [1.165, 1.54) is 18.9 Å². The molecule has 3 atom stereocenters. The fourth-order valence-electron chi connectivity index (χ4n) is 3.19. The van der Waals surface area contributed by atoms with Crippen LogP contribution in [0.15, 0.2) is 18.2 Å². The maximum atomic E-state index is 13.7. The van der Waals surface area contributed by atoms with Crippen LogP contribution in [-0.2, 0) is 11.2 Å². The minimum Gasteiger partial charge on any atom is -0.374 e. The molecule has 3 unspecified atom stereocenters. The number of fused-ring (bicyclic) bond motifs is 1. The monoisotopic (exact) mass is 282 g/mol. The van der Waals surface area contributed by atoms with Crippen molar-refractivity contribution in [1.82, 2.24) is 4.90 Å². The van der Waals surface area contributed by atoms with Gasteiger partial charge in [0.15, 0.2) is 11.6 Å². The van der Waals surface area contributed by atoms with Crippen LogP contribution in [0.3, 0.4) is 0 Å². The van der Waals surface area contributed by atoms with E-state index in [4.69, 9.17) is 10.5 Å². The number of morpholine rings is 1. The second-order valence-electron chi connectivity index (χ2n) is 5.74. The zero-order valence-electron chi connectivity index (χ0n) is 11.4. The van der Waals surface area contributed by atoms with Crippen molar-refractivity contribution in [1.29, 1.82) is 0 Å². The van der Waals surface area contributed by atoms with E-state index < -0.39 is 11.6 Å². The smallest absolute Gasteiger partial charge is 0.162 e. The van der Waals surface area contributed by atoms with Crippen LogP contribution in [0.5, 0.6) is 0 Å². The van der Waals surface area contributed by atoms with Gasteiger partial charge in [-0.3, -0.25) is 4.90 Å². The molecule has 3 rings (SSSR count). The normalized spacial score (nSPS) is 28.4. The van der Waals surface area contributed by atoms with Crippen molar-refractivity contribution in [3.05, 3.63) is 35.4 Å². The Labute approximate surface area is 117 Å². The highest BCUT2D eigenvalue weighted by atomic mass is 19.2. The Kier molecular flexibility index (Phi) is 4.01. The molecule has 5 heteroatoms. The molecule has 0 bridgehead atoms. The average Bonchev–Trinajstić information content (AvgIpc) is 2.91. The minimum absolute atomic E-state index is 0.105. The topological polar surface area (TPSA) is 38.5 Å². The molecule has 0 aromatic heterocycles. The Morgan fingerprint density at radius 3 is 3.10 bits per heavy atom. The lowest BCUT2D eigenvalue weighted by Gasteiger charge is -2.37. The van der Waals surface area contributed by atoms with E-state index in [0.29, 0.717) is 24.6 Å². The molecular weight excluding hydrogens is 262 g/mol. The van der Waals surface area contributed by atoms with Crippen molar-refractivity contribution in [3.8, 4) is 0 Å². The van der Waals surface area contributed by atoms with E-state index in [1.54, 1.807) is 6.07 Å². The lowest BCUT2D eigenvalue weighted by Crippen LogP contribution is -2.53. The number of hydrogen-bond donors (Lipinski definition) is 1. The number of nitrogens with zero attached hydrogens (tertiary/aromatic N) is 1. The minimum atomic E-state index is -0.820. The fourth-order valence-corrected chi connectivity index (χ4v) is 3.19. The van der Waals surface area contributed by atoms with Crippen LogP contribution >= 0.6 is 0 Å². The summed E-state index contributed by atoms with van der Waals surface area (Å²) in [6.07, 6.45) is 2.58. The third kappa shape index (κ3) is 2.71. The van der Waals surface area contributed by atoms with E-state index in [0.717, 1.165) is 19.2 Å². The average molecular weight is 282 g/mol. The van der Waals surface area contributed by atoms with Gasteiger partial charge in [-0.15, -0.1) is 0 Å². The molecule has 0 aliphatic carbocycles. The van der Waals surface area contributed by atoms with Gasteiger partial charge in [-0.2, -0.15) is 0 Å². The van der Waals surface area contributed by atoms with Gasteiger partial charge in [-0.1, -0.05) is 12.1 Å². The van der Waals surface area contributed by atoms with Crippen LogP contribution in [0.25, 0.3) is 0 Å². The third-order valence-electron chi connectivity index (χ3n) is 4.38. The highest BCUT2D eigenvalue weighted by Crippen LogP contribution is 2.24. The number of ether oxygens (including phenoxy) is 1. The fraction of sp³-hybridized carbons (Fsp3) is 0.600. The number of benzene rings is 1. The maximum Gasteiger partial charge on any atom is 0.162 e. The molecule has 2 aliphatic heterocycles. The highest BCUT2D eigenvalue weighted by Gasteiger charge is 2.34. The van der Waals surface area contributed by atoms with Gasteiger partial charge < -0.3 is 10.5 Å². The molecule has 0 amide bonds. The molecule has 3 nitrogen and oxygen atoms in total. The Hall–Kier alpha value is -1.04. The third-order valence-corrected chi connectivity index (χ3v) is 4.38. The van der Waals surface area contributed by atoms with Gasteiger partial charge in [0.25, 0.3) is 0 Å². The van der Waals surface area contributed by atoms with Crippen LogP contribution in [0.2, 0.25) is 0 Å². The van der Waals surface area contributed by atoms with Gasteiger partial charge in [0, 0.05) is 18.6 Å². The van der Waals surface area contributed by atoms with Crippen molar-refractivity contribution >= 4 is 0 Å². The van der Waals surface area contributed by atoms with Crippen LogP contribution < -0.4 is 5.73 Å². The number of nitrogens with two attached hydrogens (primary N) is 1. The predicted octanol–water partition coefficient (Wildman–Crippen LogP) is 1.70. The van der Waals surface area contributed by atoms with E-state index >= 15 is 0 Å². The quantitative estimate of drug-likeness (QED) is 0.917. The van der Waals surface area contributed by atoms with Crippen LogP contribution in [0.4, 0.5) is 8.78 Å². The van der Waals surface area contributed by atoms with Crippen molar-refractivity contribution in [2.24, 2.45) is 5.73 Å². The van der Waals surface area contributed by atoms with E-state index in [2.05, 4.69) is 4.90 Å². The zero-order chi connectivity index (χ0) is 14.1. The first-order chi connectivity index (χ1) is 9.65. The Balaban J connectivity index is 1.64. The molecule has 2 fully saturated rings. The first-order valence-electron chi connectivity index (χ1n) is 7.19. The van der Waals surface area contributed by atoms with Gasteiger partial charge in [0.2, 0.25) is 0 Å². The second kappa shape index (κ2) is 5.76. The van der Waals surface area contributed by atoms with E-state index in [9.17, 15) is 8.78 Å². The standard InChI is InChI=1S/C15H20F2N2O/c16-12-5-1-3-10(15(12)17)7-13(18)14-8-19-6-2-4-11(19)9-20-14/h1,3,5,11,13-14H,2,4,6-9,18H2. The molecule has 2 aliphatic rings. The van der Waals surface area contributed by atoms with Gasteiger partial charge in [0.1, 0.15) is 0 Å². The molecule has 0 saturated carbocycles. The highest BCUT2D eigenvalue weighted by molar-refractivity contribution is 5.20. The van der Waals surface area contributed by atoms with Crippen molar-refractivity contribution in [2.75, 3.05) is 19.7 Å². The molecule has 2 N–H and O–H groups in total. The van der Waals surface area contributed by atoms with Gasteiger partial charge >= 0.3 is 0 Å². The first-order valence-corrected chi connectivity index (χ1v) is 7.19. The molecule has 2 saturated heterocycles. The maximum absolute atomic E-state index is 13.7. The summed E-state index contributed by atoms with van der Waals surface area (Å²) >= 11 is 0. The molecule has 2 heterocycles. The van der Waals surface area contributed by atoms with E-state index in [1.807, 2.05) is 0 Å². The van der Waals surface area contributed by atoms with Crippen LogP contribution in [-0.4, -0.2) is 42.8 Å². The SMILES string of the molecule is NC(Cc1cccc(F)c1F)C1CN2CCCC2CO1. The lowest BCUT2D eigenvalue weighted by atomic mass is 9.99. The first kappa shape index (κ1) is 13.9. The summed E-state index contributed by atoms with van der Waals surface area (Å²) in [5.41, 5.74) is 6.47. The summed E-state index contributed by atoms with van der Waals surface area (Å²) < 4.78 is 32.7. The van der Waals surface area contributed by atoms with Gasteiger partial charge in [-0.25, -0.2) is 8.78 Å². The molecule has 1 aromatic rings. The van der Waals surface area contributed by atoms with Crippen molar-refractivity contribution < 1.29 is 13.5 Å². The summed E-state index contributed by atoms with van der Waals surface area (Å²) in [5, 5.41) is 0. The zero-order valence-corrected chi connectivity index (χ0v) is 11.4. The van der Waals surface area contributed by atoms with E-state index in [-0.39, 0.29) is 12.1 Å². The number of rotatable bonds is 3. The van der Waals surface area contributed by atoms with Gasteiger partial charge in [-0.05, 0) is 37.4 Å². The molecule has 0 radical (unpaired) electrons. The molecule has 110 valence electrons. The Bertz CT molecular complexity index is 483. The number of hydrogen-bond acceptors (Lipinski definition) is 3. The summed E-state index contributed by atoms with van der Waals surface area (Å²) in [6, 6.07) is 4.42. The summed E-state index contributed by atoms with van der Waals surface area (Å²) in [4.78, 5) is 2.40. The Morgan fingerprint density at radius 1 is 1.40 bits per heavy atom. The molecule has 0 spiro atoms. The molecular formula is C15H20F2N2O. The summed E-state index contributed by atoms with van der Waals surface area (Å²) in [6.45, 7) is 2.58. The predicted molar refractivity (Wildman–Crippen MR) is 72.4 cm³/mol. The van der Waals surface area contributed by atoms with Crippen molar-refractivity contribution in [3.63, 3.8) is 0 Å². The lowest BCUT2D eigenvalue weighted by molar-refractivity contribution is -0.0590. The number of halogens is 2. The largest absolute Gasteiger partial charge is 0.374 e. The summed E-state index contributed by atoms with van der Waals surface area (Å²) in [5.74, 6) is -1.61. The van der Waals surface area contributed by atoms with Crippen LogP contribution in [0.1, 0.15) is 18.4 Å².